The Morgan fingerprint density at radius 2 is 2.19 bits per heavy atom. The van der Waals surface area contributed by atoms with E-state index in [4.69, 9.17) is 4.42 Å². The quantitative estimate of drug-likeness (QED) is 0.378. The fourth-order valence-corrected chi connectivity index (χ4v) is 2.79. The summed E-state index contributed by atoms with van der Waals surface area (Å²) in [5, 5.41) is 9.33. The molecule has 0 bridgehead atoms. The topological polar surface area (TPSA) is 99.0 Å². The Bertz CT molecular complexity index is 612. The van der Waals surface area contributed by atoms with Crippen LogP contribution in [0.2, 0.25) is 0 Å². The number of aliphatic imine (C=N–C) groups is 1. The molecule has 2 rings (SSSR count). The van der Waals surface area contributed by atoms with Gasteiger partial charge in [0.1, 0.15) is 0 Å². The molecule has 2 amide bonds. The normalized spacial score (nSPS) is 17.5. The zero-order valence-corrected chi connectivity index (χ0v) is 15.7. The molecule has 0 radical (unpaired) electrons. The third-order valence-electron chi connectivity index (χ3n) is 4.09. The lowest BCUT2D eigenvalue weighted by atomic mass is 10.2. The van der Waals surface area contributed by atoms with E-state index in [1.165, 1.54) is 6.26 Å². The van der Waals surface area contributed by atoms with Gasteiger partial charge in [-0.2, -0.15) is 0 Å². The van der Waals surface area contributed by atoms with Gasteiger partial charge in [-0.05, 0) is 25.5 Å². The molecule has 0 aromatic carbocycles. The summed E-state index contributed by atoms with van der Waals surface area (Å²) in [6, 6.07) is 3.48. The van der Waals surface area contributed by atoms with Crippen LogP contribution in [-0.4, -0.2) is 61.4 Å². The molecule has 1 fully saturated rings. The second-order valence-electron chi connectivity index (χ2n) is 6.56. The molecule has 1 aliphatic rings. The summed E-state index contributed by atoms with van der Waals surface area (Å²) < 4.78 is 5.04. The SMILES string of the molecule is CCNC(=NCCNC(=O)c1ccco1)NC1CCN(C(=O)C(C)C)C1. The number of guanidine groups is 1. The number of nitrogens with zero attached hydrogens (tertiary/aromatic N) is 2. The van der Waals surface area contributed by atoms with Crippen LogP contribution < -0.4 is 16.0 Å². The first-order valence-electron chi connectivity index (χ1n) is 9.16. The molecular weight excluding hydrogens is 334 g/mol. The third-order valence-corrected chi connectivity index (χ3v) is 4.09. The van der Waals surface area contributed by atoms with E-state index in [0.717, 1.165) is 19.5 Å². The summed E-state index contributed by atoms with van der Waals surface area (Å²) >= 11 is 0. The predicted octanol–water partition coefficient (Wildman–Crippen LogP) is 0.821. The van der Waals surface area contributed by atoms with Gasteiger partial charge in [0.05, 0.1) is 12.8 Å². The standard InChI is InChI=1S/C18H29N5O3/c1-4-19-18(21-9-8-20-16(24)15-6-5-11-26-15)22-14-7-10-23(12-14)17(25)13(2)3/h5-6,11,13-14H,4,7-10,12H2,1-3H3,(H,20,24)(H2,19,21,22). The summed E-state index contributed by atoms with van der Waals surface area (Å²) in [6.07, 6.45) is 2.37. The number of nitrogens with one attached hydrogen (secondary N) is 3. The molecule has 1 saturated heterocycles. The Balaban J connectivity index is 1.78. The number of hydrogen-bond acceptors (Lipinski definition) is 4. The van der Waals surface area contributed by atoms with Crippen LogP contribution >= 0.6 is 0 Å². The second-order valence-corrected chi connectivity index (χ2v) is 6.56. The molecule has 8 nitrogen and oxygen atoms in total. The lowest BCUT2D eigenvalue weighted by Gasteiger charge is -2.20. The highest BCUT2D eigenvalue weighted by Crippen LogP contribution is 2.12. The highest BCUT2D eigenvalue weighted by Gasteiger charge is 2.27. The van der Waals surface area contributed by atoms with Crippen LogP contribution in [0.1, 0.15) is 37.7 Å². The number of hydrogen-bond donors (Lipinski definition) is 3. The minimum absolute atomic E-state index is 0.0217. The molecule has 3 N–H and O–H groups in total. The smallest absolute Gasteiger partial charge is 0.287 e. The van der Waals surface area contributed by atoms with Crippen molar-refractivity contribution in [1.82, 2.24) is 20.9 Å². The number of carbonyl (C=O) groups excluding carboxylic acids is 2. The molecule has 0 aliphatic carbocycles. The maximum Gasteiger partial charge on any atom is 0.287 e. The van der Waals surface area contributed by atoms with E-state index in [1.54, 1.807) is 12.1 Å². The van der Waals surface area contributed by atoms with Crippen LogP contribution in [0, 0.1) is 5.92 Å². The maximum absolute atomic E-state index is 12.1. The minimum Gasteiger partial charge on any atom is -0.459 e. The molecule has 144 valence electrons. The van der Waals surface area contributed by atoms with Crippen molar-refractivity contribution in [3.63, 3.8) is 0 Å². The zero-order valence-electron chi connectivity index (χ0n) is 15.7. The van der Waals surface area contributed by atoms with E-state index in [9.17, 15) is 9.59 Å². The lowest BCUT2D eigenvalue weighted by molar-refractivity contribution is -0.133. The van der Waals surface area contributed by atoms with Crippen molar-refractivity contribution in [1.29, 1.82) is 0 Å². The molecule has 1 aromatic heterocycles. The average Bonchev–Trinajstić information content (AvgIpc) is 3.29. The summed E-state index contributed by atoms with van der Waals surface area (Å²) in [5.41, 5.74) is 0. The van der Waals surface area contributed by atoms with Crippen LogP contribution in [0.4, 0.5) is 0 Å². The Hall–Kier alpha value is -2.51. The van der Waals surface area contributed by atoms with Crippen LogP contribution in [0.25, 0.3) is 0 Å². The summed E-state index contributed by atoms with van der Waals surface area (Å²) in [5.74, 6) is 0.954. The lowest BCUT2D eigenvalue weighted by Crippen LogP contribution is -2.45. The molecule has 1 unspecified atom stereocenters. The van der Waals surface area contributed by atoms with Gasteiger partial charge in [-0.3, -0.25) is 14.6 Å². The van der Waals surface area contributed by atoms with E-state index in [2.05, 4.69) is 20.9 Å². The minimum atomic E-state index is -0.248. The van der Waals surface area contributed by atoms with Crippen molar-refractivity contribution in [3.05, 3.63) is 24.2 Å². The predicted molar refractivity (Wildman–Crippen MR) is 100.0 cm³/mol. The van der Waals surface area contributed by atoms with Gasteiger partial charge in [-0.25, -0.2) is 0 Å². The number of furan rings is 1. The van der Waals surface area contributed by atoms with Gasteiger partial charge in [0.2, 0.25) is 5.91 Å². The maximum atomic E-state index is 12.1. The van der Waals surface area contributed by atoms with E-state index < -0.39 is 0 Å². The van der Waals surface area contributed by atoms with Crippen molar-refractivity contribution in [3.8, 4) is 0 Å². The first-order valence-corrected chi connectivity index (χ1v) is 9.16. The van der Waals surface area contributed by atoms with Crippen molar-refractivity contribution < 1.29 is 14.0 Å². The first-order chi connectivity index (χ1) is 12.5. The Kier molecular flexibility index (Phi) is 7.50. The average molecular weight is 363 g/mol. The van der Waals surface area contributed by atoms with E-state index in [0.29, 0.717) is 31.4 Å². The van der Waals surface area contributed by atoms with Crippen molar-refractivity contribution >= 4 is 17.8 Å². The van der Waals surface area contributed by atoms with Crippen LogP contribution in [-0.2, 0) is 4.79 Å². The molecular formula is C18H29N5O3. The fraction of sp³-hybridized carbons (Fsp3) is 0.611. The van der Waals surface area contributed by atoms with Crippen molar-refractivity contribution in [2.24, 2.45) is 10.9 Å². The molecule has 0 saturated carbocycles. The number of rotatable bonds is 7. The van der Waals surface area contributed by atoms with Gasteiger partial charge < -0.3 is 25.3 Å². The van der Waals surface area contributed by atoms with Gasteiger partial charge in [-0.15, -0.1) is 0 Å². The van der Waals surface area contributed by atoms with Crippen LogP contribution in [0.3, 0.4) is 0 Å². The molecule has 1 aromatic rings. The largest absolute Gasteiger partial charge is 0.459 e. The van der Waals surface area contributed by atoms with Gasteiger partial charge in [0.15, 0.2) is 11.7 Å². The van der Waals surface area contributed by atoms with Gasteiger partial charge in [-0.1, -0.05) is 13.8 Å². The van der Waals surface area contributed by atoms with E-state index in [1.807, 2.05) is 25.7 Å². The van der Waals surface area contributed by atoms with Crippen molar-refractivity contribution in [2.45, 2.75) is 33.2 Å². The van der Waals surface area contributed by atoms with E-state index in [-0.39, 0.29) is 23.8 Å². The number of likely N-dealkylation sites (tertiary alicyclic amines) is 1. The first kappa shape index (κ1) is 19.8. The van der Waals surface area contributed by atoms with E-state index >= 15 is 0 Å². The zero-order chi connectivity index (χ0) is 18.9. The Morgan fingerprint density at radius 3 is 2.85 bits per heavy atom. The Morgan fingerprint density at radius 1 is 1.38 bits per heavy atom. The van der Waals surface area contributed by atoms with Gasteiger partial charge >= 0.3 is 0 Å². The second kappa shape index (κ2) is 9.84. The molecule has 26 heavy (non-hydrogen) atoms. The van der Waals surface area contributed by atoms with Crippen molar-refractivity contribution in [2.75, 3.05) is 32.7 Å². The monoisotopic (exact) mass is 363 g/mol. The number of amides is 2. The molecule has 8 heteroatoms. The fourth-order valence-electron chi connectivity index (χ4n) is 2.79. The highest BCUT2D eigenvalue weighted by molar-refractivity contribution is 5.91. The summed E-state index contributed by atoms with van der Waals surface area (Å²) in [6.45, 7) is 8.91. The van der Waals surface area contributed by atoms with Gasteiger partial charge in [0.25, 0.3) is 5.91 Å². The summed E-state index contributed by atoms with van der Waals surface area (Å²) in [7, 11) is 0. The number of carbonyl (C=O) groups is 2. The van der Waals surface area contributed by atoms with Gasteiger partial charge in [0, 0.05) is 38.1 Å². The summed E-state index contributed by atoms with van der Waals surface area (Å²) in [4.78, 5) is 30.2. The molecule has 2 heterocycles. The molecule has 0 spiro atoms. The molecule has 1 atom stereocenters. The third kappa shape index (κ3) is 5.79. The van der Waals surface area contributed by atoms with Crippen LogP contribution in [0.5, 0.6) is 0 Å². The molecule has 1 aliphatic heterocycles. The highest BCUT2D eigenvalue weighted by atomic mass is 16.3. The van der Waals surface area contributed by atoms with Crippen LogP contribution in [0.15, 0.2) is 27.8 Å². The Labute approximate surface area is 154 Å².